The summed E-state index contributed by atoms with van der Waals surface area (Å²) in [7, 11) is 0. The lowest BCUT2D eigenvalue weighted by molar-refractivity contribution is 0.0936. The normalized spacial score (nSPS) is 11.6. The Labute approximate surface area is 102 Å². The number of benzene rings is 1. The number of amides is 1. The van der Waals surface area contributed by atoms with Crippen molar-refractivity contribution in [3.63, 3.8) is 0 Å². The lowest BCUT2D eigenvalue weighted by atomic mass is 10.1. The molecule has 1 amide bonds. The second-order valence-corrected chi connectivity index (χ2v) is 4.01. The van der Waals surface area contributed by atoms with Crippen LogP contribution in [0.4, 0.5) is 5.69 Å². The molecule has 0 spiro atoms. The van der Waals surface area contributed by atoms with Crippen LogP contribution in [0, 0.1) is 19.3 Å². The first kappa shape index (κ1) is 13.1. The topological polar surface area (TPSA) is 55.1 Å². The van der Waals surface area contributed by atoms with Crippen LogP contribution in [0.5, 0.6) is 0 Å². The van der Waals surface area contributed by atoms with Gasteiger partial charge in [-0.2, -0.15) is 0 Å². The summed E-state index contributed by atoms with van der Waals surface area (Å²) in [5.41, 5.74) is 7.81. The van der Waals surface area contributed by atoms with E-state index < -0.39 is 0 Å². The number of nitrogen functional groups attached to an aromatic ring is 1. The third-order valence-corrected chi connectivity index (χ3v) is 2.81. The Morgan fingerprint density at radius 1 is 1.59 bits per heavy atom. The second-order valence-electron chi connectivity index (χ2n) is 4.01. The van der Waals surface area contributed by atoms with Crippen molar-refractivity contribution in [1.82, 2.24) is 5.32 Å². The standard InChI is InChI=1S/C14H18N2O/c1-4-7-11(5-2)16-14(17)12-8-6-9-13(15)10(12)3/h1,6,8-9,11H,5,7,15H2,2-3H3,(H,16,17). The van der Waals surface area contributed by atoms with Crippen LogP contribution in [0.2, 0.25) is 0 Å². The van der Waals surface area contributed by atoms with Gasteiger partial charge in [-0.15, -0.1) is 12.3 Å². The third kappa shape index (κ3) is 3.25. The molecule has 0 heterocycles. The molecule has 0 bridgehead atoms. The summed E-state index contributed by atoms with van der Waals surface area (Å²) in [6.45, 7) is 3.83. The average molecular weight is 230 g/mol. The van der Waals surface area contributed by atoms with Crippen LogP contribution in [-0.4, -0.2) is 11.9 Å². The molecule has 90 valence electrons. The van der Waals surface area contributed by atoms with Gasteiger partial charge in [0.05, 0.1) is 0 Å². The van der Waals surface area contributed by atoms with Crippen LogP contribution >= 0.6 is 0 Å². The third-order valence-electron chi connectivity index (χ3n) is 2.81. The molecular formula is C14H18N2O. The Balaban J connectivity index is 2.83. The quantitative estimate of drug-likeness (QED) is 0.615. The van der Waals surface area contributed by atoms with E-state index >= 15 is 0 Å². The van der Waals surface area contributed by atoms with Gasteiger partial charge in [0.15, 0.2) is 0 Å². The van der Waals surface area contributed by atoms with Crippen LogP contribution in [0.15, 0.2) is 18.2 Å². The van der Waals surface area contributed by atoms with Crippen molar-refractivity contribution in [3.8, 4) is 12.3 Å². The highest BCUT2D eigenvalue weighted by molar-refractivity contribution is 5.97. The van der Waals surface area contributed by atoms with Gasteiger partial charge < -0.3 is 11.1 Å². The highest BCUT2D eigenvalue weighted by Gasteiger charge is 2.13. The predicted molar refractivity (Wildman–Crippen MR) is 70.6 cm³/mol. The first-order valence-electron chi connectivity index (χ1n) is 5.69. The number of anilines is 1. The van der Waals surface area contributed by atoms with Crippen molar-refractivity contribution >= 4 is 11.6 Å². The minimum Gasteiger partial charge on any atom is -0.398 e. The number of nitrogens with two attached hydrogens (primary N) is 1. The molecule has 0 fully saturated rings. The van der Waals surface area contributed by atoms with E-state index in [9.17, 15) is 4.79 Å². The second kappa shape index (κ2) is 5.95. The van der Waals surface area contributed by atoms with E-state index in [2.05, 4.69) is 11.2 Å². The fraction of sp³-hybridized carbons (Fsp3) is 0.357. The van der Waals surface area contributed by atoms with Gasteiger partial charge in [-0.25, -0.2) is 0 Å². The summed E-state index contributed by atoms with van der Waals surface area (Å²) in [6.07, 6.45) is 6.61. The maximum absolute atomic E-state index is 12.0. The van der Waals surface area contributed by atoms with E-state index in [1.165, 1.54) is 0 Å². The number of rotatable bonds is 4. The highest BCUT2D eigenvalue weighted by atomic mass is 16.1. The fourth-order valence-electron chi connectivity index (χ4n) is 1.60. The number of carbonyl (C=O) groups excluding carboxylic acids is 1. The number of carbonyl (C=O) groups is 1. The van der Waals surface area contributed by atoms with Gasteiger partial charge in [0, 0.05) is 23.7 Å². The van der Waals surface area contributed by atoms with E-state index in [1.807, 2.05) is 13.8 Å². The number of terminal acetylenes is 1. The van der Waals surface area contributed by atoms with Crippen LogP contribution in [0.25, 0.3) is 0 Å². The molecule has 17 heavy (non-hydrogen) atoms. The molecule has 3 N–H and O–H groups in total. The molecular weight excluding hydrogens is 212 g/mol. The number of hydrogen-bond acceptors (Lipinski definition) is 2. The van der Waals surface area contributed by atoms with Gasteiger partial charge in [0.2, 0.25) is 0 Å². The highest BCUT2D eigenvalue weighted by Crippen LogP contribution is 2.15. The van der Waals surface area contributed by atoms with Crippen LogP contribution in [0.1, 0.15) is 35.7 Å². The van der Waals surface area contributed by atoms with E-state index in [0.29, 0.717) is 17.7 Å². The average Bonchev–Trinajstić information content (AvgIpc) is 2.31. The van der Waals surface area contributed by atoms with Crippen molar-refractivity contribution < 1.29 is 4.79 Å². The van der Waals surface area contributed by atoms with Gasteiger partial charge in [-0.05, 0) is 31.0 Å². The summed E-state index contributed by atoms with van der Waals surface area (Å²) < 4.78 is 0. The number of nitrogens with one attached hydrogen (secondary N) is 1. The molecule has 3 nitrogen and oxygen atoms in total. The van der Waals surface area contributed by atoms with Crippen molar-refractivity contribution in [2.75, 3.05) is 5.73 Å². The molecule has 1 rings (SSSR count). The Kier molecular flexibility index (Phi) is 4.59. The van der Waals surface area contributed by atoms with Crippen molar-refractivity contribution in [2.45, 2.75) is 32.7 Å². The Morgan fingerprint density at radius 3 is 2.88 bits per heavy atom. The molecule has 0 radical (unpaired) electrons. The first-order valence-corrected chi connectivity index (χ1v) is 5.69. The lowest BCUT2D eigenvalue weighted by Crippen LogP contribution is -2.34. The van der Waals surface area contributed by atoms with Crippen LogP contribution in [-0.2, 0) is 0 Å². The lowest BCUT2D eigenvalue weighted by Gasteiger charge is -2.15. The summed E-state index contributed by atoms with van der Waals surface area (Å²) in [5, 5.41) is 2.91. The fourth-order valence-corrected chi connectivity index (χ4v) is 1.60. The monoisotopic (exact) mass is 230 g/mol. The smallest absolute Gasteiger partial charge is 0.251 e. The van der Waals surface area contributed by atoms with Gasteiger partial charge in [-0.3, -0.25) is 4.79 Å². The summed E-state index contributed by atoms with van der Waals surface area (Å²) in [4.78, 5) is 12.0. The van der Waals surface area contributed by atoms with E-state index in [0.717, 1.165) is 12.0 Å². The zero-order valence-electron chi connectivity index (χ0n) is 10.3. The zero-order chi connectivity index (χ0) is 12.8. The maximum atomic E-state index is 12.0. The number of hydrogen-bond donors (Lipinski definition) is 2. The molecule has 0 aromatic heterocycles. The molecule has 1 atom stereocenters. The predicted octanol–water partition coefficient (Wildman–Crippen LogP) is 2.11. The van der Waals surface area contributed by atoms with Gasteiger partial charge >= 0.3 is 0 Å². The summed E-state index contributed by atoms with van der Waals surface area (Å²) >= 11 is 0. The summed E-state index contributed by atoms with van der Waals surface area (Å²) in [6, 6.07) is 5.35. The Morgan fingerprint density at radius 2 is 2.29 bits per heavy atom. The van der Waals surface area contributed by atoms with Gasteiger partial charge in [0.1, 0.15) is 0 Å². The zero-order valence-corrected chi connectivity index (χ0v) is 10.3. The minimum absolute atomic E-state index is 0.0216. The van der Waals surface area contributed by atoms with Crippen LogP contribution in [0.3, 0.4) is 0 Å². The van der Waals surface area contributed by atoms with Crippen molar-refractivity contribution in [1.29, 1.82) is 0 Å². The van der Waals surface area contributed by atoms with Crippen molar-refractivity contribution in [3.05, 3.63) is 29.3 Å². The SMILES string of the molecule is C#CCC(CC)NC(=O)c1cccc(N)c1C. The minimum atomic E-state index is -0.114. The molecule has 0 aliphatic heterocycles. The summed E-state index contributed by atoms with van der Waals surface area (Å²) in [5.74, 6) is 2.45. The largest absolute Gasteiger partial charge is 0.398 e. The van der Waals surface area contributed by atoms with E-state index in [1.54, 1.807) is 18.2 Å². The molecule has 0 aliphatic carbocycles. The first-order chi connectivity index (χ1) is 8.10. The molecule has 0 saturated carbocycles. The Hall–Kier alpha value is -1.95. The molecule has 0 aliphatic rings. The van der Waals surface area contributed by atoms with E-state index in [4.69, 9.17) is 12.2 Å². The molecule has 1 unspecified atom stereocenters. The molecule has 3 heteroatoms. The van der Waals surface area contributed by atoms with Crippen LogP contribution < -0.4 is 11.1 Å². The molecule has 0 saturated heterocycles. The van der Waals surface area contributed by atoms with Gasteiger partial charge in [-0.1, -0.05) is 13.0 Å². The Bertz CT molecular complexity index is 446. The molecule has 1 aromatic rings. The maximum Gasteiger partial charge on any atom is 0.251 e. The van der Waals surface area contributed by atoms with Gasteiger partial charge in [0.25, 0.3) is 5.91 Å². The molecule has 1 aromatic carbocycles. The van der Waals surface area contributed by atoms with E-state index in [-0.39, 0.29) is 11.9 Å². The van der Waals surface area contributed by atoms with Crippen molar-refractivity contribution in [2.24, 2.45) is 0 Å².